The molecule has 16 heavy (non-hydrogen) atoms. The average Bonchev–Trinajstić information content (AvgIpc) is 0. The van der Waals surface area contributed by atoms with Crippen LogP contribution < -0.4 is 0 Å². The Hall–Kier alpha value is 3.43. The molecule has 0 aromatic rings. The third-order valence-corrected chi connectivity index (χ3v) is 0. The van der Waals surface area contributed by atoms with E-state index in [0.717, 1.165) is 0 Å². The molecular weight excluding hydrogens is 632 g/mol. The number of hydrogen-bond donors (Lipinski definition) is 0. The second-order valence-corrected chi connectivity index (χ2v) is 0. The van der Waals surface area contributed by atoms with Crippen LogP contribution in [0.25, 0.3) is 0 Å². The summed E-state index contributed by atoms with van der Waals surface area (Å²) in [6, 6.07) is 0. The standard InChI is InChI=1S/Co.2Cr.10H2O.2Sb.Zn/h;;;10*1H2;;;/q+2;;;;;;;;;;;;;;;/p-2. The van der Waals surface area contributed by atoms with Gasteiger partial charge in [0.2, 0.25) is 0 Å². The topological polar surface area (TPSA) is 312 Å². The Morgan fingerprint density at radius 2 is 0.375 bits per heavy atom. The van der Waals surface area contributed by atoms with Crippen LogP contribution in [0.15, 0.2) is 0 Å². The Balaban J connectivity index is 0. The molecule has 0 saturated carbocycles. The molecule has 16 heteroatoms. The van der Waals surface area contributed by atoms with E-state index in [4.69, 9.17) is 0 Å². The minimum absolute atomic E-state index is 0. The van der Waals surface area contributed by atoms with Crippen LogP contribution in [0, 0.1) is 0 Å². The molecule has 0 aliphatic heterocycles. The largest absolute Gasteiger partial charge is 2.00 e. The Morgan fingerprint density at radius 1 is 0.375 bits per heavy atom. The van der Waals surface area contributed by atoms with E-state index in [9.17, 15) is 0 Å². The van der Waals surface area contributed by atoms with Crippen LogP contribution in [-0.2, 0) is 71.0 Å². The molecule has 0 spiro atoms. The molecule has 0 aliphatic rings. The molecule has 0 bridgehead atoms. The van der Waals surface area contributed by atoms with Gasteiger partial charge in [-0.25, -0.2) is 0 Å². The maximum atomic E-state index is 0. The summed E-state index contributed by atoms with van der Waals surface area (Å²) in [6.07, 6.45) is 0. The van der Waals surface area contributed by atoms with Gasteiger partial charge in [-0.2, -0.15) is 0 Å². The first-order valence-corrected chi connectivity index (χ1v) is 0. The van der Waals surface area contributed by atoms with Gasteiger partial charge in [0.25, 0.3) is 0 Å². The van der Waals surface area contributed by atoms with E-state index in [2.05, 4.69) is 0 Å². The molecule has 18 N–H and O–H groups in total. The average molecular weight is 650 g/mol. The Morgan fingerprint density at radius 3 is 0.375 bits per heavy atom. The second-order valence-electron chi connectivity index (χ2n) is 0. The molecule has 0 fully saturated rings. The van der Waals surface area contributed by atoms with E-state index in [1.165, 1.54) is 0 Å². The zero-order valence-corrected chi connectivity index (χ0v) is 19.3. The van der Waals surface area contributed by atoms with Gasteiger partial charge in [-0.15, -0.1) is 0 Å². The molecule has 111 valence electrons. The maximum Gasteiger partial charge on any atom is 2.00 e. The zero-order chi connectivity index (χ0) is 0. The van der Waals surface area contributed by atoms with Gasteiger partial charge in [-0.3, -0.25) is 0 Å². The van der Waals surface area contributed by atoms with Gasteiger partial charge in [-0.05, 0) is 0 Å². The predicted octanol–water partition coefficient (Wildman–Crippen LogP) is -7.72. The fraction of sp³-hybridized carbons (Fsp3) is 0. The van der Waals surface area contributed by atoms with Gasteiger partial charge in [-0.1, -0.05) is 0 Å². The van der Waals surface area contributed by atoms with Gasteiger partial charge in [0, 0.05) is 103 Å². The summed E-state index contributed by atoms with van der Waals surface area (Å²) in [6.45, 7) is 0. The first kappa shape index (κ1) is 561. The van der Waals surface area contributed by atoms with Crippen LogP contribution in [0.4, 0.5) is 0 Å². The van der Waals surface area contributed by atoms with Crippen molar-refractivity contribution in [3.8, 4) is 0 Å². The first-order chi connectivity index (χ1) is 0. The van der Waals surface area contributed by atoms with Gasteiger partial charge in [0.15, 0.2) is 0 Å². The van der Waals surface area contributed by atoms with E-state index < -0.39 is 0 Å². The molecule has 0 rings (SSSR count). The van der Waals surface area contributed by atoms with Crippen LogP contribution in [0.3, 0.4) is 0 Å². The summed E-state index contributed by atoms with van der Waals surface area (Å²) in [5, 5.41) is 0. The van der Waals surface area contributed by atoms with Crippen molar-refractivity contribution in [1.82, 2.24) is 0 Å². The van der Waals surface area contributed by atoms with E-state index in [1.54, 1.807) is 0 Å². The molecule has 7 radical (unpaired) electrons. The van der Waals surface area contributed by atoms with Crippen LogP contribution >= 0.6 is 0 Å². The Labute approximate surface area is 172 Å². The van der Waals surface area contributed by atoms with E-state index in [0.29, 0.717) is 0 Å². The summed E-state index contributed by atoms with van der Waals surface area (Å²) in [7, 11) is 0. The minimum Gasteiger partial charge on any atom is -0.870 e. The van der Waals surface area contributed by atoms with Crippen molar-refractivity contribution in [2.24, 2.45) is 0 Å². The number of rotatable bonds is 0. The molecule has 0 amide bonds. The molecule has 0 aromatic carbocycles. The first-order valence-electron chi connectivity index (χ1n) is 0. The Kier molecular flexibility index (Phi) is 16700. The summed E-state index contributed by atoms with van der Waals surface area (Å²) in [4.78, 5) is 0. The smallest absolute Gasteiger partial charge is 0.870 e. The quantitative estimate of drug-likeness (QED) is 0.231. The van der Waals surface area contributed by atoms with Crippen molar-refractivity contribution in [3.63, 3.8) is 0 Å². The summed E-state index contributed by atoms with van der Waals surface area (Å²) >= 11 is 0. The maximum absolute atomic E-state index is 0. The van der Waals surface area contributed by atoms with Crippen molar-refractivity contribution in [1.29, 1.82) is 0 Å². The van der Waals surface area contributed by atoms with Crippen molar-refractivity contribution in [2.45, 2.75) is 0 Å². The van der Waals surface area contributed by atoms with Crippen LogP contribution in [-0.4, -0.2) is 104 Å². The van der Waals surface area contributed by atoms with Crippen molar-refractivity contribution < 1.29 is 126 Å². The zero-order valence-electron chi connectivity index (χ0n) is 7.65. The molecule has 0 atom stereocenters. The third kappa shape index (κ3) is 400. The molecule has 0 unspecified atom stereocenters. The predicted molar refractivity (Wildman–Crippen MR) is 44.3 cm³/mol. The molecule has 0 aliphatic carbocycles. The minimum atomic E-state index is 0. The molecule has 0 saturated heterocycles. The summed E-state index contributed by atoms with van der Waals surface area (Å²) in [5.74, 6) is 0. The van der Waals surface area contributed by atoms with Crippen molar-refractivity contribution in [2.75, 3.05) is 0 Å². The van der Waals surface area contributed by atoms with Crippen LogP contribution in [0.5, 0.6) is 0 Å². The second kappa shape index (κ2) is 476. The van der Waals surface area contributed by atoms with Gasteiger partial charge >= 0.3 is 16.8 Å². The number of hydrogen-bond acceptors (Lipinski definition) is 2. The normalized spacial score (nSPS) is 0. The summed E-state index contributed by atoms with van der Waals surface area (Å²) in [5.41, 5.74) is 0. The van der Waals surface area contributed by atoms with Gasteiger partial charge < -0.3 is 54.8 Å². The van der Waals surface area contributed by atoms with Gasteiger partial charge in [0.1, 0.15) is 0 Å². The summed E-state index contributed by atoms with van der Waals surface area (Å²) < 4.78 is 0. The van der Waals surface area contributed by atoms with E-state index in [-0.39, 0.29) is 175 Å². The van der Waals surface area contributed by atoms with Gasteiger partial charge in [0.05, 0.1) is 0 Å². The van der Waals surface area contributed by atoms with Crippen LogP contribution in [0.2, 0.25) is 0 Å². The van der Waals surface area contributed by atoms with E-state index >= 15 is 0 Å². The van der Waals surface area contributed by atoms with Crippen molar-refractivity contribution >= 4 is 48.9 Å². The van der Waals surface area contributed by atoms with Crippen LogP contribution in [0.1, 0.15) is 0 Å². The monoisotopic (exact) mass is 647 g/mol. The molecule has 10 nitrogen and oxygen atoms in total. The fourth-order valence-electron chi connectivity index (χ4n) is 0. The van der Waals surface area contributed by atoms with Crippen molar-refractivity contribution in [3.05, 3.63) is 0 Å². The molecule has 0 heterocycles. The molecule has 0 aromatic heterocycles. The third-order valence-electron chi connectivity index (χ3n) is 0. The van der Waals surface area contributed by atoms with E-state index in [1.807, 2.05) is 0 Å². The Bertz CT molecular complexity index is 26.8. The fourth-order valence-corrected chi connectivity index (χ4v) is 0. The molecular formula is H18CoCr2O10Sb2Zn. The SMILES string of the molecule is O.O.O.O.O.O.O.O.[Co+2].[Cr].[Cr].[OH-].[OH-].[Sb].[Sb].[Zn].